The van der Waals surface area contributed by atoms with Crippen LogP contribution >= 0.6 is 0 Å². The summed E-state index contributed by atoms with van der Waals surface area (Å²) in [5, 5.41) is 59.4. The molecule has 10 nitrogen and oxygen atoms in total. The Kier molecular flexibility index (Phi) is 5.23. The monoisotopic (exact) mass is 432 g/mol. The van der Waals surface area contributed by atoms with Crippen LogP contribution in [0.3, 0.4) is 0 Å². The largest absolute Gasteiger partial charge is 0.508 e. The normalized spacial score (nSPS) is 26.1. The summed E-state index contributed by atoms with van der Waals surface area (Å²) in [6.45, 7) is 1.46. The Bertz CT molecular complexity index is 1190. The Morgan fingerprint density at radius 1 is 0.903 bits per heavy atom. The third-order valence-corrected chi connectivity index (χ3v) is 5.11. The van der Waals surface area contributed by atoms with Gasteiger partial charge in [0.05, 0.1) is 11.5 Å². The Balaban J connectivity index is 1.88. The summed E-state index contributed by atoms with van der Waals surface area (Å²) in [6, 6.07) is 7.49. The number of rotatable bonds is 3. The number of phenolic OH excluding ortho intramolecular Hbond substituents is 3. The maximum Gasteiger partial charge on any atom is 0.235 e. The molecule has 3 aromatic rings. The van der Waals surface area contributed by atoms with Crippen molar-refractivity contribution < 1.29 is 44.5 Å². The van der Waals surface area contributed by atoms with E-state index in [1.165, 1.54) is 37.3 Å². The molecule has 1 aromatic heterocycles. The van der Waals surface area contributed by atoms with Crippen LogP contribution in [0.15, 0.2) is 45.6 Å². The highest BCUT2D eigenvalue weighted by molar-refractivity contribution is 5.83. The van der Waals surface area contributed by atoms with Crippen LogP contribution in [-0.2, 0) is 4.74 Å². The molecule has 1 unspecified atom stereocenters. The van der Waals surface area contributed by atoms with Crippen molar-refractivity contribution in [3.63, 3.8) is 0 Å². The second kappa shape index (κ2) is 7.75. The molecule has 1 saturated heterocycles. The molecule has 1 aliphatic rings. The highest BCUT2D eigenvalue weighted by Crippen LogP contribution is 2.37. The average molecular weight is 432 g/mol. The highest BCUT2D eigenvalue weighted by atomic mass is 16.7. The number of aromatic hydroxyl groups is 3. The number of hydrogen-bond acceptors (Lipinski definition) is 10. The molecule has 0 saturated carbocycles. The summed E-state index contributed by atoms with van der Waals surface area (Å²) in [7, 11) is 0. The van der Waals surface area contributed by atoms with Gasteiger partial charge >= 0.3 is 0 Å². The van der Waals surface area contributed by atoms with Crippen LogP contribution in [0.4, 0.5) is 0 Å². The lowest BCUT2D eigenvalue weighted by atomic mass is 10.00. The molecular weight excluding hydrogens is 412 g/mol. The van der Waals surface area contributed by atoms with Crippen molar-refractivity contribution in [2.45, 2.75) is 37.6 Å². The summed E-state index contributed by atoms with van der Waals surface area (Å²) in [5.41, 5.74) is -0.506. The van der Waals surface area contributed by atoms with E-state index >= 15 is 0 Å². The minimum Gasteiger partial charge on any atom is -0.508 e. The summed E-state index contributed by atoms with van der Waals surface area (Å²) in [6.07, 6.45) is -7.05. The predicted molar refractivity (Wildman–Crippen MR) is 106 cm³/mol. The molecule has 0 bridgehead atoms. The number of benzene rings is 2. The molecule has 0 radical (unpaired) electrons. The van der Waals surface area contributed by atoms with E-state index in [1.807, 2.05) is 0 Å². The van der Waals surface area contributed by atoms with Gasteiger partial charge in [-0.2, -0.15) is 0 Å². The van der Waals surface area contributed by atoms with Crippen LogP contribution in [0.2, 0.25) is 0 Å². The zero-order chi connectivity index (χ0) is 22.4. The number of ether oxygens (including phenoxy) is 2. The first-order valence-corrected chi connectivity index (χ1v) is 9.36. The maximum absolute atomic E-state index is 13.2. The molecule has 10 heteroatoms. The zero-order valence-corrected chi connectivity index (χ0v) is 16.2. The van der Waals surface area contributed by atoms with Gasteiger partial charge in [-0.1, -0.05) is 0 Å². The molecule has 4 rings (SSSR count). The van der Waals surface area contributed by atoms with Crippen molar-refractivity contribution >= 4 is 11.0 Å². The molecule has 6 N–H and O–H groups in total. The number of hydrogen-bond donors (Lipinski definition) is 6. The maximum atomic E-state index is 13.2. The van der Waals surface area contributed by atoms with Crippen molar-refractivity contribution in [3.05, 3.63) is 46.6 Å². The summed E-state index contributed by atoms with van der Waals surface area (Å²) in [4.78, 5) is 13.2. The SMILES string of the molecule is C[C@@H]1OC(Oc2c(-c3ccc(O)c(O)c3)oc3cc(O)ccc3c2=O)[C@H](O)[C@H](O)[C@H]1O. The smallest absolute Gasteiger partial charge is 0.235 e. The molecule has 1 fully saturated rings. The van der Waals surface area contributed by atoms with E-state index in [1.54, 1.807) is 0 Å². The van der Waals surface area contributed by atoms with Crippen LogP contribution in [-0.4, -0.2) is 61.3 Å². The van der Waals surface area contributed by atoms with Gasteiger partial charge in [-0.3, -0.25) is 4.79 Å². The summed E-state index contributed by atoms with van der Waals surface area (Å²) in [5.74, 6) is -1.61. The van der Waals surface area contributed by atoms with Crippen molar-refractivity contribution in [1.29, 1.82) is 0 Å². The van der Waals surface area contributed by atoms with Crippen molar-refractivity contribution in [2.75, 3.05) is 0 Å². The molecule has 2 heterocycles. The summed E-state index contributed by atoms with van der Waals surface area (Å²) >= 11 is 0. The van der Waals surface area contributed by atoms with Gasteiger partial charge in [0.1, 0.15) is 29.6 Å². The lowest BCUT2D eigenvalue weighted by Crippen LogP contribution is -2.58. The van der Waals surface area contributed by atoms with E-state index in [4.69, 9.17) is 13.9 Å². The van der Waals surface area contributed by atoms with Crippen molar-refractivity contribution in [2.24, 2.45) is 0 Å². The Morgan fingerprint density at radius 3 is 2.35 bits per heavy atom. The second-order valence-electron chi connectivity index (χ2n) is 7.27. The van der Waals surface area contributed by atoms with Gasteiger partial charge in [-0.05, 0) is 37.3 Å². The van der Waals surface area contributed by atoms with Crippen molar-refractivity contribution in [1.82, 2.24) is 0 Å². The van der Waals surface area contributed by atoms with Gasteiger partial charge in [0, 0.05) is 11.6 Å². The van der Waals surface area contributed by atoms with Crippen LogP contribution in [0.5, 0.6) is 23.0 Å². The van der Waals surface area contributed by atoms with Gasteiger partial charge in [0.25, 0.3) is 0 Å². The van der Waals surface area contributed by atoms with Crippen LogP contribution < -0.4 is 10.2 Å². The molecule has 164 valence electrons. The Labute approximate surface area is 174 Å². The molecule has 5 atom stereocenters. The lowest BCUT2D eigenvalue weighted by Gasteiger charge is -2.38. The first-order chi connectivity index (χ1) is 14.7. The van der Waals surface area contributed by atoms with E-state index in [0.717, 1.165) is 6.07 Å². The van der Waals surface area contributed by atoms with Gasteiger partial charge in [-0.15, -0.1) is 0 Å². The fourth-order valence-electron chi connectivity index (χ4n) is 3.35. The van der Waals surface area contributed by atoms with Gasteiger partial charge in [0.15, 0.2) is 17.3 Å². The number of aliphatic hydroxyl groups excluding tert-OH is 3. The first-order valence-electron chi connectivity index (χ1n) is 9.36. The van der Waals surface area contributed by atoms with E-state index in [0.29, 0.717) is 0 Å². The fourth-order valence-corrected chi connectivity index (χ4v) is 3.35. The zero-order valence-electron chi connectivity index (χ0n) is 16.2. The molecule has 31 heavy (non-hydrogen) atoms. The van der Waals surface area contributed by atoms with Crippen LogP contribution in [0.25, 0.3) is 22.3 Å². The first kappa shape index (κ1) is 20.9. The van der Waals surface area contributed by atoms with E-state index < -0.39 is 53.4 Å². The minimum absolute atomic E-state index is 0.0221. The van der Waals surface area contributed by atoms with Crippen LogP contribution in [0.1, 0.15) is 6.92 Å². The van der Waals surface area contributed by atoms with Gasteiger partial charge < -0.3 is 44.5 Å². The van der Waals surface area contributed by atoms with Gasteiger partial charge in [-0.25, -0.2) is 0 Å². The lowest BCUT2D eigenvalue weighted by molar-refractivity contribution is -0.268. The molecule has 1 aliphatic heterocycles. The standard InChI is InChI=1S/C21H20O10/c1-8-15(25)17(27)18(28)21(29-8)31-20-16(26)11-4-3-10(22)7-14(11)30-19(20)9-2-5-12(23)13(24)6-9/h2-8,15,17-18,21-25,27-28H,1H3/t8-,15-,17+,18+,21?/m0/s1. The topological polar surface area (TPSA) is 170 Å². The van der Waals surface area contributed by atoms with E-state index in [-0.39, 0.29) is 28.0 Å². The minimum atomic E-state index is -1.68. The Hall–Kier alpha value is -3.31. The van der Waals surface area contributed by atoms with E-state index in [9.17, 15) is 35.4 Å². The fraction of sp³-hybridized carbons (Fsp3) is 0.286. The van der Waals surface area contributed by atoms with Crippen LogP contribution in [0, 0.1) is 0 Å². The molecule has 0 amide bonds. The summed E-state index contributed by atoms with van der Waals surface area (Å²) < 4.78 is 16.8. The third kappa shape index (κ3) is 3.66. The molecule has 0 aliphatic carbocycles. The third-order valence-electron chi connectivity index (χ3n) is 5.11. The van der Waals surface area contributed by atoms with E-state index in [2.05, 4.69) is 0 Å². The average Bonchev–Trinajstić information content (AvgIpc) is 2.73. The van der Waals surface area contributed by atoms with Gasteiger partial charge in [0.2, 0.25) is 17.5 Å². The number of aliphatic hydroxyl groups is 3. The quantitative estimate of drug-likeness (QED) is 0.325. The second-order valence-corrected chi connectivity index (χ2v) is 7.27. The van der Waals surface area contributed by atoms with Crippen molar-refractivity contribution in [3.8, 4) is 34.3 Å². The number of phenols is 3. The molecular formula is C21H20O10. The highest BCUT2D eigenvalue weighted by Gasteiger charge is 2.43. The number of fused-ring (bicyclic) bond motifs is 1. The molecule has 0 spiro atoms. The predicted octanol–water partition coefficient (Wildman–Crippen LogP) is 0.783. The molecule has 2 aromatic carbocycles. The Morgan fingerprint density at radius 2 is 1.65 bits per heavy atom.